The molecule has 0 fully saturated rings. The molecule has 4 nitrogen and oxygen atoms in total. The molecule has 0 aliphatic heterocycles. The quantitative estimate of drug-likeness (QED) is 0.375. The van der Waals surface area contributed by atoms with E-state index in [4.69, 9.17) is 10.5 Å². The minimum absolute atomic E-state index is 0. The Hall–Kier alpha value is -1.97. The lowest BCUT2D eigenvalue weighted by molar-refractivity contribution is -0.138. The molecule has 26 heavy (non-hydrogen) atoms. The van der Waals surface area contributed by atoms with Crippen LogP contribution in [0, 0.1) is 0 Å². The first-order valence-electron chi connectivity index (χ1n) is 7.72. The number of guanidine groups is 1. The van der Waals surface area contributed by atoms with E-state index in [0.29, 0.717) is 6.54 Å². The first kappa shape index (κ1) is 22.1. The van der Waals surface area contributed by atoms with Crippen molar-refractivity contribution in [3.8, 4) is 5.75 Å². The van der Waals surface area contributed by atoms with E-state index in [9.17, 15) is 13.2 Å². The van der Waals surface area contributed by atoms with Crippen molar-refractivity contribution in [1.82, 2.24) is 5.32 Å². The van der Waals surface area contributed by atoms with Gasteiger partial charge in [0, 0.05) is 6.54 Å². The molecule has 0 aromatic heterocycles. The second kappa shape index (κ2) is 10.2. The molecule has 0 radical (unpaired) electrons. The Kier molecular flexibility index (Phi) is 8.70. The SMILES string of the molecule is COc1ccc(CN=C(N)NCCc2ccccc2)c(C(F)(F)F)c1.I. The number of nitrogens with two attached hydrogens (primary N) is 1. The zero-order valence-corrected chi connectivity index (χ0v) is 16.5. The predicted molar refractivity (Wildman–Crippen MR) is 107 cm³/mol. The number of benzene rings is 2. The molecular weight excluding hydrogens is 458 g/mol. The monoisotopic (exact) mass is 479 g/mol. The van der Waals surface area contributed by atoms with Crippen molar-refractivity contribution in [2.24, 2.45) is 10.7 Å². The highest BCUT2D eigenvalue weighted by Crippen LogP contribution is 2.34. The molecule has 0 unspecified atom stereocenters. The van der Waals surface area contributed by atoms with Gasteiger partial charge in [-0.25, -0.2) is 4.99 Å². The standard InChI is InChI=1S/C18H20F3N3O.HI/c1-25-15-8-7-14(16(11-15)18(19,20)21)12-24-17(22)23-10-9-13-5-3-2-4-6-13;/h2-8,11H,9-10,12H2,1H3,(H3,22,23,24);1H. The van der Waals surface area contributed by atoms with E-state index in [2.05, 4.69) is 10.3 Å². The van der Waals surface area contributed by atoms with Crippen LogP contribution in [0.15, 0.2) is 53.5 Å². The summed E-state index contributed by atoms with van der Waals surface area (Å²) in [5, 5.41) is 2.90. The van der Waals surface area contributed by atoms with Gasteiger partial charge in [-0.3, -0.25) is 0 Å². The van der Waals surface area contributed by atoms with Crippen LogP contribution in [0.4, 0.5) is 13.2 Å². The number of alkyl halides is 3. The van der Waals surface area contributed by atoms with Crippen LogP contribution in [0.1, 0.15) is 16.7 Å². The summed E-state index contributed by atoms with van der Waals surface area (Å²) >= 11 is 0. The second-order valence-corrected chi connectivity index (χ2v) is 5.38. The van der Waals surface area contributed by atoms with Gasteiger partial charge >= 0.3 is 6.18 Å². The Morgan fingerprint density at radius 3 is 2.46 bits per heavy atom. The van der Waals surface area contributed by atoms with Crippen molar-refractivity contribution in [2.45, 2.75) is 19.1 Å². The number of hydrogen-bond acceptors (Lipinski definition) is 2. The minimum atomic E-state index is -4.48. The largest absolute Gasteiger partial charge is 0.497 e. The minimum Gasteiger partial charge on any atom is -0.497 e. The third-order valence-electron chi connectivity index (χ3n) is 3.60. The average Bonchev–Trinajstić information content (AvgIpc) is 2.60. The van der Waals surface area contributed by atoms with Crippen LogP contribution in [-0.2, 0) is 19.1 Å². The van der Waals surface area contributed by atoms with E-state index in [1.165, 1.54) is 19.2 Å². The van der Waals surface area contributed by atoms with Crippen LogP contribution in [0.5, 0.6) is 5.75 Å². The summed E-state index contributed by atoms with van der Waals surface area (Å²) in [7, 11) is 1.32. The Balaban J connectivity index is 0.00000338. The Bertz CT molecular complexity index is 721. The molecule has 2 aromatic rings. The maximum Gasteiger partial charge on any atom is 0.416 e. The van der Waals surface area contributed by atoms with Crippen molar-refractivity contribution < 1.29 is 17.9 Å². The van der Waals surface area contributed by atoms with Gasteiger partial charge < -0.3 is 15.8 Å². The van der Waals surface area contributed by atoms with Crippen LogP contribution in [0.3, 0.4) is 0 Å². The van der Waals surface area contributed by atoms with Gasteiger partial charge in [0.2, 0.25) is 0 Å². The summed E-state index contributed by atoms with van der Waals surface area (Å²) in [6, 6.07) is 13.6. The topological polar surface area (TPSA) is 59.6 Å². The predicted octanol–water partition coefficient (Wildman–Crippen LogP) is 3.98. The maximum atomic E-state index is 13.1. The highest BCUT2D eigenvalue weighted by molar-refractivity contribution is 14.0. The number of halogens is 4. The average molecular weight is 479 g/mol. The molecule has 0 atom stereocenters. The number of hydrogen-bond donors (Lipinski definition) is 2. The van der Waals surface area contributed by atoms with Crippen LogP contribution in [0.2, 0.25) is 0 Å². The molecule has 0 aliphatic rings. The van der Waals surface area contributed by atoms with E-state index in [0.717, 1.165) is 18.1 Å². The molecule has 0 saturated carbocycles. The molecule has 0 heterocycles. The molecule has 142 valence electrons. The molecule has 0 bridgehead atoms. The Morgan fingerprint density at radius 2 is 1.85 bits per heavy atom. The number of rotatable bonds is 6. The van der Waals surface area contributed by atoms with E-state index in [1.807, 2.05) is 30.3 Å². The second-order valence-electron chi connectivity index (χ2n) is 5.38. The van der Waals surface area contributed by atoms with Crippen molar-refractivity contribution in [2.75, 3.05) is 13.7 Å². The molecule has 3 N–H and O–H groups in total. The Labute approximate surface area is 167 Å². The molecule has 2 rings (SSSR count). The first-order chi connectivity index (χ1) is 11.9. The van der Waals surface area contributed by atoms with Crippen molar-refractivity contribution in [3.05, 3.63) is 65.2 Å². The normalized spacial score (nSPS) is 11.6. The van der Waals surface area contributed by atoms with Crippen LogP contribution in [0.25, 0.3) is 0 Å². The molecule has 0 aliphatic carbocycles. The smallest absolute Gasteiger partial charge is 0.416 e. The lowest BCUT2D eigenvalue weighted by Crippen LogP contribution is -2.33. The molecule has 2 aromatic carbocycles. The molecule has 0 spiro atoms. The third-order valence-corrected chi connectivity index (χ3v) is 3.60. The lowest BCUT2D eigenvalue weighted by atomic mass is 10.1. The highest BCUT2D eigenvalue weighted by Gasteiger charge is 2.33. The number of nitrogens with zero attached hydrogens (tertiary/aromatic N) is 1. The summed E-state index contributed by atoms with van der Waals surface area (Å²) < 4.78 is 44.2. The van der Waals surface area contributed by atoms with Gasteiger partial charge in [-0.15, -0.1) is 24.0 Å². The van der Waals surface area contributed by atoms with Crippen LogP contribution >= 0.6 is 24.0 Å². The fourth-order valence-electron chi connectivity index (χ4n) is 2.29. The van der Waals surface area contributed by atoms with Crippen molar-refractivity contribution >= 4 is 29.9 Å². The van der Waals surface area contributed by atoms with Gasteiger partial charge in [-0.2, -0.15) is 13.2 Å². The van der Waals surface area contributed by atoms with Gasteiger partial charge in [0.15, 0.2) is 5.96 Å². The Morgan fingerprint density at radius 1 is 1.15 bits per heavy atom. The molecule has 0 saturated heterocycles. The molecular formula is C18H21F3IN3O. The van der Waals surface area contributed by atoms with Gasteiger partial charge in [0.05, 0.1) is 19.2 Å². The summed E-state index contributed by atoms with van der Waals surface area (Å²) in [5.74, 6) is 0.258. The van der Waals surface area contributed by atoms with E-state index < -0.39 is 11.7 Å². The van der Waals surface area contributed by atoms with Crippen molar-refractivity contribution in [3.63, 3.8) is 0 Å². The fourth-order valence-corrected chi connectivity index (χ4v) is 2.29. The van der Waals surface area contributed by atoms with Crippen molar-refractivity contribution in [1.29, 1.82) is 0 Å². The highest BCUT2D eigenvalue weighted by atomic mass is 127. The summed E-state index contributed by atoms with van der Waals surface area (Å²) in [5.41, 5.74) is 6.14. The number of methoxy groups -OCH3 is 1. The van der Waals surface area contributed by atoms with Gasteiger partial charge in [-0.05, 0) is 29.7 Å². The van der Waals surface area contributed by atoms with E-state index in [-0.39, 0.29) is 47.8 Å². The van der Waals surface area contributed by atoms with Gasteiger partial charge in [0.1, 0.15) is 5.75 Å². The first-order valence-corrected chi connectivity index (χ1v) is 7.72. The summed E-state index contributed by atoms with van der Waals surface area (Å²) in [6.07, 6.45) is -3.73. The van der Waals surface area contributed by atoms with Gasteiger partial charge in [-0.1, -0.05) is 36.4 Å². The fraction of sp³-hybridized carbons (Fsp3) is 0.278. The summed E-state index contributed by atoms with van der Waals surface area (Å²) in [6.45, 7) is 0.386. The zero-order valence-electron chi connectivity index (χ0n) is 14.2. The summed E-state index contributed by atoms with van der Waals surface area (Å²) in [4.78, 5) is 4.00. The van der Waals surface area contributed by atoms with E-state index in [1.54, 1.807) is 0 Å². The number of aliphatic imine (C=N–C) groups is 1. The van der Waals surface area contributed by atoms with Crippen LogP contribution in [-0.4, -0.2) is 19.6 Å². The number of nitrogens with one attached hydrogen (secondary N) is 1. The van der Waals surface area contributed by atoms with E-state index >= 15 is 0 Å². The lowest BCUT2D eigenvalue weighted by Gasteiger charge is -2.13. The maximum absolute atomic E-state index is 13.1. The molecule has 8 heteroatoms. The molecule has 0 amide bonds. The van der Waals surface area contributed by atoms with Crippen LogP contribution < -0.4 is 15.8 Å². The number of ether oxygens (including phenoxy) is 1. The third kappa shape index (κ3) is 6.74. The van der Waals surface area contributed by atoms with Gasteiger partial charge in [0.25, 0.3) is 0 Å². The zero-order chi connectivity index (χ0) is 18.3.